The van der Waals surface area contributed by atoms with Gasteiger partial charge in [-0.3, -0.25) is 0 Å². The SMILES string of the molecule is CC.CC.CC.CC(C=O)C(C)(C)C.CNC1=CC=C(OC)CC1. The van der Waals surface area contributed by atoms with Gasteiger partial charge in [-0.2, -0.15) is 0 Å². The lowest BCUT2D eigenvalue weighted by molar-refractivity contribution is -0.113. The second-order valence-electron chi connectivity index (χ2n) is 5.57. The number of carbonyl (C=O) groups is 1. The Hall–Kier alpha value is -1.25. The van der Waals surface area contributed by atoms with Crippen molar-refractivity contribution in [2.24, 2.45) is 11.3 Å². The first-order valence-corrected chi connectivity index (χ1v) is 9.42. The van der Waals surface area contributed by atoms with Crippen LogP contribution in [0.1, 0.15) is 82.1 Å². The molecule has 0 bridgehead atoms. The predicted octanol–water partition coefficient (Wildman–Crippen LogP) is 6.36. The van der Waals surface area contributed by atoms with Crippen molar-refractivity contribution in [3.63, 3.8) is 0 Å². The standard InChI is InChI=1S/C8H13NO.C7H14O.3C2H6/c1-9-7-3-5-8(10-2)6-4-7;1-6(5-8)7(2,3)4;3*1-2/h3,5,9H,4,6H2,1-2H3;5-6H,1-4H3;3*1-2H3. The molecule has 1 atom stereocenters. The maximum Gasteiger partial charge on any atom is 0.123 e. The van der Waals surface area contributed by atoms with E-state index in [0.717, 1.165) is 24.9 Å². The minimum Gasteiger partial charge on any atom is -0.501 e. The Morgan fingerprint density at radius 1 is 1.04 bits per heavy atom. The summed E-state index contributed by atoms with van der Waals surface area (Å²) in [4.78, 5) is 10.2. The number of methoxy groups -OCH3 is 1. The largest absolute Gasteiger partial charge is 0.501 e. The molecule has 0 saturated carbocycles. The van der Waals surface area contributed by atoms with Gasteiger partial charge in [-0.05, 0) is 24.0 Å². The molecular weight excluding hydrogens is 298 g/mol. The van der Waals surface area contributed by atoms with E-state index in [2.05, 4.69) is 32.2 Å². The van der Waals surface area contributed by atoms with Gasteiger partial charge in [0.2, 0.25) is 0 Å². The molecule has 146 valence electrons. The zero-order valence-electron chi connectivity index (χ0n) is 18.5. The average Bonchev–Trinajstić information content (AvgIpc) is 2.65. The van der Waals surface area contributed by atoms with E-state index in [0.29, 0.717) is 0 Å². The molecule has 1 unspecified atom stereocenters. The van der Waals surface area contributed by atoms with E-state index < -0.39 is 0 Å². The van der Waals surface area contributed by atoms with Crippen LogP contribution in [0.3, 0.4) is 0 Å². The average molecular weight is 344 g/mol. The lowest BCUT2D eigenvalue weighted by Crippen LogP contribution is -2.17. The fourth-order valence-electron chi connectivity index (χ4n) is 1.20. The van der Waals surface area contributed by atoms with Crippen molar-refractivity contribution in [2.45, 2.75) is 82.1 Å². The van der Waals surface area contributed by atoms with E-state index in [9.17, 15) is 4.79 Å². The molecule has 0 radical (unpaired) electrons. The zero-order valence-corrected chi connectivity index (χ0v) is 18.5. The quantitative estimate of drug-likeness (QED) is 0.606. The van der Waals surface area contributed by atoms with Crippen LogP contribution in [0.25, 0.3) is 0 Å². The van der Waals surface area contributed by atoms with E-state index in [-0.39, 0.29) is 11.3 Å². The van der Waals surface area contributed by atoms with Crippen molar-refractivity contribution in [3.05, 3.63) is 23.6 Å². The normalized spacial score (nSPS) is 13.2. The van der Waals surface area contributed by atoms with Crippen LogP contribution in [0.15, 0.2) is 23.6 Å². The van der Waals surface area contributed by atoms with Crippen molar-refractivity contribution in [1.82, 2.24) is 5.32 Å². The Morgan fingerprint density at radius 2 is 1.50 bits per heavy atom. The van der Waals surface area contributed by atoms with E-state index in [1.165, 1.54) is 5.70 Å². The zero-order chi connectivity index (χ0) is 20.2. The van der Waals surface area contributed by atoms with E-state index in [4.69, 9.17) is 4.74 Å². The second-order valence-corrected chi connectivity index (χ2v) is 5.57. The van der Waals surface area contributed by atoms with Gasteiger partial charge in [0.1, 0.15) is 6.29 Å². The summed E-state index contributed by atoms with van der Waals surface area (Å²) in [6.45, 7) is 20.1. The van der Waals surface area contributed by atoms with Gasteiger partial charge in [-0.15, -0.1) is 0 Å². The number of rotatable bonds is 3. The fourth-order valence-corrected chi connectivity index (χ4v) is 1.20. The van der Waals surface area contributed by atoms with E-state index in [1.807, 2.05) is 61.6 Å². The van der Waals surface area contributed by atoms with Gasteiger partial charge in [-0.25, -0.2) is 0 Å². The summed E-state index contributed by atoms with van der Waals surface area (Å²) in [5, 5.41) is 3.11. The summed E-state index contributed by atoms with van der Waals surface area (Å²) in [6, 6.07) is 0. The van der Waals surface area contributed by atoms with Crippen LogP contribution in [0.5, 0.6) is 0 Å². The highest BCUT2D eigenvalue weighted by Gasteiger charge is 2.18. The van der Waals surface area contributed by atoms with Crippen LogP contribution in [0.2, 0.25) is 0 Å². The first-order valence-electron chi connectivity index (χ1n) is 9.42. The van der Waals surface area contributed by atoms with Crippen molar-refractivity contribution < 1.29 is 9.53 Å². The van der Waals surface area contributed by atoms with Crippen LogP contribution >= 0.6 is 0 Å². The summed E-state index contributed by atoms with van der Waals surface area (Å²) >= 11 is 0. The predicted molar refractivity (Wildman–Crippen MR) is 110 cm³/mol. The molecule has 0 aromatic rings. The maximum absolute atomic E-state index is 10.2. The summed E-state index contributed by atoms with van der Waals surface area (Å²) in [7, 11) is 3.65. The van der Waals surface area contributed by atoms with Crippen LogP contribution in [0, 0.1) is 11.3 Å². The van der Waals surface area contributed by atoms with Crippen molar-refractivity contribution >= 4 is 6.29 Å². The summed E-state index contributed by atoms with van der Waals surface area (Å²) in [6.07, 6.45) is 7.15. The highest BCUT2D eigenvalue weighted by molar-refractivity contribution is 5.53. The molecule has 1 N–H and O–H groups in total. The summed E-state index contributed by atoms with van der Waals surface area (Å²) in [5.41, 5.74) is 1.42. The second kappa shape index (κ2) is 21.8. The Morgan fingerprint density at radius 3 is 1.67 bits per heavy atom. The molecule has 3 heteroatoms. The van der Waals surface area contributed by atoms with Crippen molar-refractivity contribution in [1.29, 1.82) is 0 Å². The first-order chi connectivity index (χ1) is 11.3. The first kappa shape index (κ1) is 30.6. The molecule has 1 aliphatic rings. The molecule has 0 fully saturated rings. The Bertz CT molecular complexity index is 292. The number of hydrogen-bond donors (Lipinski definition) is 1. The van der Waals surface area contributed by atoms with Gasteiger partial charge in [0.25, 0.3) is 0 Å². The van der Waals surface area contributed by atoms with E-state index >= 15 is 0 Å². The third-order valence-electron chi connectivity index (χ3n) is 3.26. The molecule has 3 nitrogen and oxygen atoms in total. The van der Waals surface area contributed by atoms with Gasteiger partial charge in [0, 0.05) is 25.1 Å². The number of hydrogen-bond acceptors (Lipinski definition) is 3. The molecule has 0 spiro atoms. The number of carbonyl (C=O) groups excluding carboxylic acids is 1. The monoisotopic (exact) mass is 343 g/mol. The molecule has 1 aliphatic carbocycles. The van der Waals surface area contributed by atoms with Crippen LogP contribution in [0.4, 0.5) is 0 Å². The Labute approximate surface area is 153 Å². The summed E-state index contributed by atoms with van der Waals surface area (Å²) in [5.74, 6) is 1.24. The van der Waals surface area contributed by atoms with Crippen molar-refractivity contribution in [3.8, 4) is 0 Å². The molecule has 0 heterocycles. The van der Waals surface area contributed by atoms with Gasteiger partial charge in [-0.1, -0.05) is 69.2 Å². The third kappa shape index (κ3) is 18.8. The lowest BCUT2D eigenvalue weighted by atomic mass is 9.83. The molecule has 0 aromatic carbocycles. The number of nitrogens with one attached hydrogen (secondary N) is 1. The van der Waals surface area contributed by atoms with E-state index in [1.54, 1.807) is 7.11 Å². The van der Waals surface area contributed by atoms with Gasteiger partial charge < -0.3 is 14.8 Å². The molecular formula is C21H45NO2. The minimum absolute atomic E-state index is 0.141. The molecule has 0 aromatic heterocycles. The molecule has 0 aliphatic heterocycles. The smallest absolute Gasteiger partial charge is 0.123 e. The van der Waals surface area contributed by atoms with Crippen LogP contribution in [-0.4, -0.2) is 20.4 Å². The Balaban J connectivity index is -0.000000129. The molecule has 0 saturated heterocycles. The van der Waals surface area contributed by atoms with Crippen LogP contribution < -0.4 is 5.32 Å². The number of allylic oxidation sites excluding steroid dienone is 4. The van der Waals surface area contributed by atoms with Gasteiger partial charge >= 0.3 is 0 Å². The fraction of sp³-hybridized carbons (Fsp3) is 0.762. The Kier molecular flexibility index (Phi) is 27.7. The summed E-state index contributed by atoms with van der Waals surface area (Å²) < 4.78 is 5.07. The van der Waals surface area contributed by atoms with Gasteiger partial charge in [0.05, 0.1) is 12.9 Å². The van der Waals surface area contributed by atoms with Crippen molar-refractivity contribution in [2.75, 3.05) is 14.2 Å². The minimum atomic E-state index is 0.141. The topological polar surface area (TPSA) is 38.3 Å². The van der Waals surface area contributed by atoms with Crippen LogP contribution in [-0.2, 0) is 9.53 Å². The molecule has 0 amide bonds. The number of ether oxygens (including phenoxy) is 1. The maximum atomic E-state index is 10.2. The highest BCUT2D eigenvalue weighted by atomic mass is 16.5. The van der Waals surface area contributed by atoms with Gasteiger partial charge in [0.15, 0.2) is 0 Å². The highest BCUT2D eigenvalue weighted by Crippen LogP contribution is 2.22. The molecule has 1 rings (SSSR count). The lowest BCUT2D eigenvalue weighted by Gasteiger charge is -2.21. The third-order valence-corrected chi connectivity index (χ3v) is 3.26. The molecule has 24 heavy (non-hydrogen) atoms. The number of aldehydes is 1.